The third-order valence-corrected chi connectivity index (χ3v) is 2.97. The molecule has 0 aromatic heterocycles. The van der Waals surface area contributed by atoms with Crippen molar-refractivity contribution >= 4 is 0 Å². The van der Waals surface area contributed by atoms with Gasteiger partial charge in [0.05, 0.1) is 0 Å². The van der Waals surface area contributed by atoms with Crippen molar-refractivity contribution < 1.29 is 8.78 Å². The second kappa shape index (κ2) is 6.70. The fourth-order valence-corrected chi connectivity index (χ4v) is 2.18. The Balaban J connectivity index is 2.50. The van der Waals surface area contributed by atoms with E-state index in [1.54, 1.807) is 6.07 Å². The minimum Gasteiger partial charge on any atom is -0.327 e. The van der Waals surface area contributed by atoms with Gasteiger partial charge in [0.2, 0.25) is 0 Å². The molecule has 0 aliphatic rings. The summed E-state index contributed by atoms with van der Waals surface area (Å²) >= 11 is 0. The van der Waals surface area contributed by atoms with E-state index in [9.17, 15) is 8.78 Å². The Morgan fingerprint density at radius 3 is 2.53 bits per heavy atom. The zero-order valence-corrected chi connectivity index (χ0v) is 10.5. The van der Waals surface area contributed by atoms with Crippen molar-refractivity contribution in [1.82, 2.24) is 0 Å². The van der Waals surface area contributed by atoms with Gasteiger partial charge in [0, 0.05) is 6.04 Å². The van der Waals surface area contributed by atoms with E-state index in [2.05, 4.69) is 13.8 Å². The molecule has 0 aliphatic heterocycles. The molecule has 0 fully saturated rings. The van der Waals surface area contributed by atoms with Gasteiger partial charge in [-0.25, -0.2) is 8.78 Å². The third-order valence-electron chi connectivity index (χ3n) is 2.97. The van der Waals surface area contributed by atoms with Crippen molar-refractivity contribution in [2.45, 2.75) is 45.6 Å². The van der Waals surface area contributed by atoms with Gasteiger partial charge in [-0.3, -0.25) is 0 Å². The van der Waals surface area contributed by atoms with Crippen LogP contribution in [0.15, 0.2) is 18.2 Å². The van der Waals surface area contributed by atoms with Gasteiger partial charge in [-0.15, -0.1) is 0 Å². The second-order valence-electron chi connectivity index (χ2n) is 4.84. The Morgan fingerprint density at radius 2 is 1.94 bits per heavy atom. The van der Waals surface area contributed by atoms with E-state index in [0.717, 1.165) is 30.9 Å². The molecular formula is C14H21F2N. The van der Waals surface area contributed by atoms with Crippen LogP contribution in [-0.2, 0) is 6.42 Å². The monoisotopic (exact) mass is 241 g/mol. The summed E-state index contributed by atoms with van der Waals surface area (Å²) in [4.78, 5) is 0. The van der Waals surface area contributed by atoms with Crippen LogP contribution in [0.5, 0.6) is 0 Å². The summed E-state index contributed by atoms with van der Waals surface area (Å²) in [5.74, 6) is -1.02. The number of rotatable bonds is 6. The number of halogens is 2. The van der Waals surface area contributed by atoms with Gasteiger partial charge in [0.15, 0.2) is 11.6 Å². The van der Waals surface area contributed by atoms with Crippen LogP contribution in [0, 0.1) is 17.6 Å². The van der Waals surface area contributed by atoms with Crippen LogP contribution in [0.25, 0.3) is 0 Å². The fourth-order valence-electron chi connectivity index (χ4n) is 2.18. The lowest BCUT2D eigenvalue weighted by molar-refractivity contribution is 0.430. The first-order valence-corrected chi connectivity index (χ1v) is 6.22. The molecule has 1 rings (SSSR count). The predicted octanol–water partition coefficient (Wildman–Crippen LogP) is 3.66. The van der Waals surface area contributed by atoms with E-state index in [-0.39, 0.29) is 6.04 Å². The molecule has 0 radical (unpaired) electrons. The summed E-state index contributed by atoms with van der Waals surface area (Å²) in [6.45, 7) is 4.33. The maximum absolute atomic E-state index is 13.0. The molecule has 0 aliphatic carbocycles. The molecule has 17 heavy (non-hydrogen) atoms. The molecule has 1 aromatic carbocycles. The van der Waals surface area contributed by atoms with Gasteiger partial charge < -0.3 is 5.73 Å². The Bertz CT molecular complexity index is 352. The Kier molecular flexibility index (Phi) is 5.56. The maximum Gasteiger partial charge on any atom is 0.159 e. The van der Waals surface area contributed by atoms with Gasteiger partial charge in [-0.2, -0.15) is 0 Å². The van der Waals surface area contributed by atoms with Gasteiger partial charge in [0.1, 0.15) is 0 Å². The highest BCUT2D eigenvalue weighted by Crippen LogP contribution is 2.15. The van der Waals surface area contributed by atoms with Crippen molar-refractivity contribution in [1.29, 1.82) is 0 Å². The molecule has 0 bridgehead atoms. The van der Waals surface area contributed by atoms with E-state index in [1.165, 1.54) is 6.07 Å². The van der Waals surface area contributed by atoms with Crippen LogP contribution < -0.4 is 5.73 Å². The van der Waals surface area contributed by atoms with Crippen LogP contribution in [0.2, 0.25) is 0 Å². The number of benzene rings is 1. The highest BCUT2D eigenvalue weighted by Gasteiger charge is 2.10. The first kappa shape index (κ1) is 14.1. The predicted molar refractivity (Wildman–Crippen MR) is 66.7 cm³/mol. The van der Waals surface area contributed by atoms with Crippen LogP contribution in [0.4, 0.5) is 8.78 Å². The van der Waals surface area contributed by atoms with Crippen molar-refractivity contribution in [3.05, 3.63) is 35.4 Å². The molecule has 96 valence electrons. The highest BCUT2D eigenvalue weighted by molar-refractivity contribution is 5.18. The topological polar surface area (TPSA) is 26.0 Å². The first-order chi connectivity index (χ1) is 8.02. The van der Waals surface area contributed by atoms with Crippen LogP contribution in [-0.4, -0.2) is 6.04 Å². The zero-order valence-electron chi connectivity index (χ0n) is 10.5. The molecule has 2 unspecified atom stereocenters. The lowest BCUT2D eigenvalue weighted by Gasteiger charge is -2.16. The standard InChI is InChI=1S/C14H21F2N/c1-3-4-10(2)7-12(17)8-11-5-6-13(15)14(16)9-11/h5-6,9-10,12H,3-4,7-8,17H2,1-2H3. The number of hydrogen-bond donors (Lipinski definition) is 1. The van der Waals surface area contributed by atoms with Crippen molar-refractivity contribution in [3.63, 3.8) is 0 Å². The Labute approximate surface area is 102 Å². The zero-order chi connectivity index (χ0) is 12.8. The smallest absolute Gasteiger partial charge is 0.159 e. The highest BCUT2D eigenvalue weighted by atomic mass is 19.2. The summed E-state index contributed by atoms with van der Waals surface area (Å²) in [6, 6.07) is 4.01. The van der Waals surface area contributed by atoms with Crippen LogP contribution in [0.3, 0.4) is 0 Å². The summed E-state index contributed by atoms with van der Waals surface area (Å²) in [5, 5.41) is 0. The molecule has 2 atom stereocenters. The van der Waals surface area contributed by atoms with Crippen LogP contribution >= 0.6 is 0 Å². The fraction of sp³-hybridized carbons (Fsp3) is 0.571. The molecule has 0 saturated heterocycles. The SMILES string of the molecule is CCCC(C)CC(N)Cc1ccc(F)c(F)c1. The molecule has 0 saturated carbocycles. The lowest BCUT2D eigenvalue weighted by Crippen LogP contribution is -2.25. The van der Waals surface area contributed by atoms with Gasteiger partial charge in [-0.05, 0) is 36.5 Å². The normalized spacial score (nSPS) is 14.6. The van der Waals surface area contributed by atoms with Crippen LogP contribution in [0.1, 0.15) is 38.7 Å². The molecular weight excluding hydrogens is 220 g/mol. The van der Waals surface area contributed by atoms with Crippen molar-refractivity contribution in [2.24, 2.45) is 11.7 Å². The minimum absolute atomic E-state index is 0.0152. The molecule has 0 heterocycles. The molecule has 3 heteroatoms. The Hall–Kier alpha value is -0.960. The number of nitrogens with two attached hydrogens (primary N) is 1. The van der Waals surface area contributed by atoms with E-state index in [1.807, 2.05) is 0 Å². The first-order valence-electron chi connectivity index (χ1n) is 6.22. The molecule has 2 N–H and O–H groups in total. The molecule has 1 aromatic rings. The van der Waals surface area contributed by atoms with Gasteiger partial charge in [0.25, 0.3) is 0 Å². The quantitative estimate of drug-likeness (QED) is 0.808. The molecule has 1 nitrogen and oxygen atoms in total. The molecule has 0 amide bonds. The molecule has 0 spiro atoms. The summed E-state index contributed by atoms with van der Waals surface area (Å²) in [6.07, 6.45) is 3.84. The summed E-state index contributed by atoms with van der Waals surface area (Å²) in [5.41, 5.74) is 6.77. The van der Waals surface area contributed by atoms with E-state index >= 15 is 0 Å². The second-order valence-corrected chi connectivity index (χ2v) is 4.84. The Morgan fingerprint density at radius 1 is 1.24 bits per heavy atom. The van der Waals surface area contributed by atoms with Crippen molar-refractivity contribution in [2.75, 3.05) is 0 Å². The average molecular weight is 241 g/mol. The minimum atomic E-state index is -0.804. The van der Waals surface area contributed by atoms with E-state index in [0.29, 0.717) is 12.3 Å². The van der Waals surface area contributed by atoms with Gasteiger partial charge >= 0.3 is 0 Å². The maximum atomic E-state index is 13.0. The average Bonchev–Trinajstić information content (AvgIpc) is 2.23. The summed E-state index contributed by atoms with van der Waals surface area (Å²) in [7, 11) is 0. The largest absolute Gasteiger partial charge is 0.327 e. The third kappa shape index (κ3) is 4.82. The lowest BCUT2D eigenvalue weighted by atomic mass is 9.94. The van der Waals surface area contributed by atoms with E-state index in [4.69, 9.17) is 5.73 Å². The summed E-state index contributed by atoms with van der Waals surface area (Å²) < 4.78 is 25.7. The van der Waals surface area contributed by atoms with Gasteiger partial charge in [-0.1, -0.05) is 32.8 Å². The van der Waals surface area contributed by atoms with E-state index < -0.39 is 11.6 Å². The number of hydrogen-bond acceptors (Lipinski definition) is 1. The van der Waals surface area contributed by atoms with Crippen molar-refractivity contribution in [3.8, 4) is 0 Å².